The maximum absolute atomic E-state index is 8.77. The minimum absolute atomic E-state index is 0.0993. The fourth-order valence-corrected chi connectivity index (χ4v) is 3.51. The van der Waals surface area contributed by atoms with Gasteiger partial charge in [-0.05, 0) is 36.0 Å². The topological polar surface area (TPSA) is 86.0 Å². The number of fused-ring (bicyclic) bond motifs is 1. The molecule has 1 aliphatic carbocycles. The number of nitrogens with one attached hydrogen (secondary N) is 2. The van der Waals surface area contributed by atoms with Crippen molar-refractivity contribution in [2.75, 3.05) is 6.54 Å². The molecule has 6 heteroatoms. The van der Waals surface area contributed by atoms with Crippen LogP contribution in [0.2, 0.25) is 0 Å². The number of nitrogens with zero attached hydrogens (tertiary/aromatic N) is 4. The Morgan fingerprint density at radius 3 is 2.96 bits per heavy atom. The normalized spacial score (nSPS) is 22.0. The van der Waals surface area contributed by atoms with Crippen LogP contribution in [0.1, 0.15) is 17.5 Å². The number of rotatable bonds is 1. The van der Waals surface area contributed by atoms with Crippen molar-refractivity contribution in [3.8, 4) is 17.3 Å². The predicted octanol–water partition coefficient (Wildman–Crippen LogP) is 1.40. The molecule has 2 aromatic rings. The van der Waals surface area contributed by atoms with Crippen LogP contribution in [0, 0.1) is 11.5 Å². The summed E-state index contributed by atoms with van der Waals surface area (Å²) in [5.74, 6) is 0.580. The fraction of sp³-hybridized carbons (Fsp3) is 0.294. The van der Waals surface area contributed by atoms with Gasteiger partial charge in [-0.2, -0.15) is 5.26 Å². The van der Waals surface area contributed by atoms with Crippen molar-refractivity contribution in [2.45, 2.75) is 24.8 Å². The van der Waals surface area contributed by atoms with Crippen molar-refractivity contribution in [1.82, 2.24) is 20.6 Å². The van der Waals surface area contributed by atoms with E-state index in [4.69, 9.17) is 5.26 Å². The lowest BCUT2D eigenvalue weighted by molar-refractivity contribution is 0.361. The summed E-state index contributed by atoms with van der Waals surface area (Å²) in [5, 5.41) is 14.8. The zero-order chi connectivity index (χ0) is 15.7. The highest BCUT2D eigenvalue weighted by Crippen LogP contribution is 2.36. The third kappa shape index (κ3) is 2.40. The Balaban J connectivity index is 1.69. The van der Waals surface area contributed by atoms with E-state index < -0.39 is 0 Å². The Hall–Kier alpha value is -2.94. The van der Waals surface area contributed by atoms with E-state index in [9.17, 15) is 0 Å². The van der Waals surface area contributed by atoms with E-state index in [1.54, 1.807) is 6.33 Å². The molecule has 0 bridgehead atoms. The molecule has 23 heavy (non-hydrogen) atoms. The van der Waals surface area contributed by atoms with Gasteiger partial charge in [-0.1, -0.05) is 18.2 Å². The van der Waals surface area contributed by atoms with Crippen LogP contribution >= 0.6 is 0 Å². The maximum Gasteiger partial charge on any atom is 0.205 e. The smallest absolute Gasteiger partial charge is 0.205 e. The summed E-state index contributed by atoms with van der Waals surface area (Å²) in [6.45, 7) is 0.691. The Morgan fingerprint density at radius 1 is 1.26 bits per heavy atom. The Bertz CT molecular complexity index is 808. The summed E-state index contributed by atoms with van der Waals surface area (Å²) < 4.78 is 0. The van der Waals surface area contributed by atoms with Crippen LogP contribution in [0.5, 0.6) is 0 Å². The third-order valence-corrected chi connectivity index (χ3v) is 4.63. The summed E-state index contributed by atoms with van der Waals surface area (Å²) in [6, 6.07) is 6.42. The number of aryl methyl sites for hydroxylation is 1. The second-order valence-electron chi connectivity index (χ2n) is 6.05. The fourth-order valence-electron chi connectivity index (χ4n) is 3.51. The molecular formula is C17H16N6. The maximum atomic E-state index is 8.77. The van der Waals surface area contributed by atoms with Crippen LogP contribution < -0.4 is 10.6 Å². The molecule has 4 rings (SSSR count). The molecule has 1 spiro atoms. The second-order valence-corrected chi connectivity index (χ2v) is 6.05. The molecule has 1 aromatic carbocycles. The predicted molar refractivity (Wildman–Crippen MR) is 86.4 cm³/mol. The number of aliphatic imine (C=N–C) groups is 1. The summed E-state index contributed by atoms with van der Waals surface area (Å²) >= 11 is 0. The Labute approximate surface area is 134 Å². The van der Waals surface area contributed by atoms with Gasteiger partial charge in [0.25, 0.3) is 0 Å². The van der Waals surface area contributed by atoms with Gasteiger partial charge in [-0.15, -0.1) is 0 Å². The van der Waals surface area contributed by atoms with Gasteiger partial charge in [0.2, 0.25) is 5.96 Å². The molecule has 0 saturated heterocycles. The highest BCUT2D eigenvalue weighted by Gasteiger charge is 2.39. The lowest BCUT2D eigenvalue weighted by Crippen LogP contribution is -2.52. The number of hydrogen-bond donors (Lipinski definition) is 2. The quantitative estimate of drug-likeness (QED) is 0.614. The van der Waals surface area contributed by atoms with Crippen molar-refractivity contribution < 1.29 is 0 Å². The number of hydrogen-bond acceptors (Lipinski definition) is 6. The molecule has 1 aliphatic heterocycles. The molecule has 1 aromatic heterocycles. The summed E-state index contributed by atoms with van der Waals surface area (Å²) in [7, 11) is 0. The average molecular weight is 304 g/mol. The minimum atomic E-state index is -0.0993. The number of guanidine groups is 1. The first-order chi connectivity index (χ1) is 11.3. The van der Waals surface area contributed by atoms with Crippen LogP contribution in [0.4, 0.5) is 0 Å². The standard InChI is InChI=1S/C17H16N6/c18-10-22-16-21-9-17(23-16)5-4-12-2-1-3-14(15(12)6-17)13-7-19-11-20-8-13/h1-3,7-8,11H,4-6,9H2,(H2,21,22,23). The first-order valence-electron chi connectivity index (χ1n) is 7.64. The van der Waals surface area contributed by atoms with E-state index in [0.717, 1.165) is 24.8 Å². The molecule has 2 N–H and O–H groups in total. The molecule has 0 radical (unpaired) electrons. The van der Waals surface area contributed by atoms with Gasteiger partial charge in [0.15, 0.2) is 6.19 Å². The molecule has 6 nitrogen and oxygen atoms in total. The molecule has 1 atom stereocenters. The molecular weight excluding hydrogens is 288 g/mol. The molecule has 0 amide bonds. The number of benzene rings is 1. The van der Waals surface area contributed by atoms with Gasteiger partial charge in [0, 0.05) is 18.0 Å². The Morgan fingerprint density at radius 2 is 2.13 bits per heavy atom. The average Bonchev–Trinajstić information content (AvgIpc) is 2.98. The SMILES string of the molecule is N#CNC1=NCC2(CCc3cccc(-c4cncnc4)c3C2)N1. The van der Waals surface area contributed by atoms with Gasteiger partial charge >= 0.3 is 0 Å². The molecule has 114 valence electrons. The molecule has 2 heterocycles. The number of aromatic nitrogens is 2. The summed E-state index contributed by atoms with van der Waals surface area (Å²) in [5.41, 5.74) is 4.83. The number of nitriles is 1. The molecule has 0 saturated carbocycles. The third-order valence-electron chi connectivity index (χ3n) is 4.63. The zero-order valence-electron chi connectivity index (χ0n) is 12.6. The van der Waals surface area contributed by atoms with Crippen LogP contribution in [-0.4, -0.2) is 28.0 Å². The zero-order valence-corrected chi connectivity index (χ0v) is 12.6. The highest BCUT2D eigenvalue weighted by molar-refractivity contribution is 5.84. The van der Waals surface area contributed by atoms with Gasteiger partial charge in [-0.3, -0.25) is 5.32 Å². The summed E-state index contributed by atoms with van der Waals surface area (Å²) in [4.78, 5) is 12.7. The van der Waals surface area contributed by atoms with Gasteiger partial charge in [0.05, 0.1) is 12.1 Å². The van der Waals surface area contributed by atoms with Crippen molar-refractivity contribution >= 4 is 5.96 Å². The van der Waals surface area contributed by atoms with E-state index in [-0.39, 0.29) is 5.54 Å². The van der Waals surface area contributed by atoms with Crippen molar-refractivity contribution in [3.05, 3.63) is 48.0 Å². The van der Waals surface area contributed by atoms with Crippen LogP contribution in [0.25, 0.3) is 11.1 Å². The lowest BCUT2D eigenvalue weighted by Gasteiger charge is -2.35. The van der Waals surface area contributed by atoms with Crippen LogP contribution in [0.3, 0.4) is 0 Å². The van der Waals surface area contributed by atoms with Gasteiger partial charge in [0.1, 0.15) is 6.33 Å². The van der Waals surface area contributed by atoms with E-state index in [1.807, 2.05) is 18.6 Å². The van der Waals surface area contributed by atoms with Crippen molar-refractivity contribution in [1.29, 1.82) is 5.26 Å². The van der Waals surface area contributed by atoms with E-state index in [0.29, 0.717) is 12.5 Å². The summed E-state index contributed by atoms with van der Waals surface area (Å²) in [6.07, 6.45) is 10.1. The molecule has 0 fully saturated rings. The van der Waals surface area contributed by atoms with E-state index in [2.05, 4.69) is 43.8 Å². The second kappa shape index (κ2) is 5.36. The first kappa shape index (κ1) is 13.7. The van der Waals surface area contributed by atoms with Crippen molar-refractivity contribution in [2.24, 2.45) is 4.99 Å². The van der Waals surface area contributed by atoms with Crippen LogP contribution in [0.15, 0.2) is 41.9 Å². The first-order valence-corrected chi connectivity index (χ1v) is 7.64. The van der Waals surface area contributed by atoms with Crippen molar-refractivity contribution in [3.63, 3.8) is 0 Å². The monoisotopic (exact) mass is 304 g/mol. The van der Waals surface area contributed by atoms with Crippen LogP contribution in [-0.2, 0) is 12.8 Å². The Kier molecular flexibility index (Phi) is 3.19. The molecule has 2 aliphatic rings. The molecule has 1 unspecified atom stereocenters. The van der Waals surface area contributed by atoms with E-state index >= 15 is 0 Å². The minimum Gasteiger partial charge on any atom is -0.348 e. The van der Waals surface area contributed by atoms with Gasteiger partial charge < -0.3 is 5.32 Å². The van der Waals surface area contributed by atoms with Gasteiger partial charge in [-0.25, -0.2) is 15.0 Å². The lowest BCUT2D eigenvalue weighted by atomic mass is 9.76. The van der Waals surface area contributed by atoms with E-state index in [1.165, 1.54) is 16.7 Å². The largest absolute Gasteiger partial charge is 0.348 e. The highest BCUT2D eigenvalue weighted by atomic mass is 15.3.